The quantitative estimate of drug-likeness (QED) is 0.676. The number of hydrogen-bond acceptors (Lipinski definition) is 4. The minimum absolute atomic E-state index is 0.628. The van der Waals surface area contributed by atoms with Gasteiger partial charge in [-0.15, -0.1) is 0 Å². The number of thioether (sulfide) groups is 1. The Kier molecular flexibility index (Phi) is 3.11. The fourth-order valence-corrected chi connectivity index (χ4v) is 2.69. The maximum atomic E-state index is 4.40. The SMILES string of the molecule is CN1CCCC(NC2=NCCS2)C1. The highest BCUT2D eigenvalue weighted by Crippen LogP contribution is 2.13. The maximum absolute atomic E-state index is 4.40. The summed E-state index contributed by atoms with van der Waals surface area (Å²) in [6, 6.07) is 0.628. The summed E-state index contributed by atoms with van der Waals surface area (Å²) in [6.07, 6.45) is 2.61. The first kappa shape index (κ1) is 9.34. The molecule has 3 nitrogen and oxygen atoms in total. The zero-order valence-electron chi connectivity index (χ0n) is 8.12. The van der Waals surface area contributed by atoms with Crippen molar-refractivity contribution >= 4 is 16.9 Å². The smallest absolute Gasteiger partial charge is 0.156 e. The van der Waals surface area contributed by atoms with E-state index in [1.165, 1.54) is 31.1 Å². The molecule has 1 unspecified atom stereocenters. The molecule has 0 aromatic carbocycles. The van der Waals surface area contributed by atoms with Gasteiger partial charge in [-0.05, 0) is 26.4 Å². The fourth-order valence-electron chi connectivity index (χ4n) is 1.88. The van der Waals surface area contributed by atoms with E-state index in [1.807, 2.05) is 11.8 Å². The normalized spacial score (nSPS) is 30.2. The van der Waals surface area contributed by atoms with Crippen LogP contribution in [0.15, 0.2) is 4.99 Å². The van der Waals surface area contributed by atoms with E-state index in [9.17, 15) is 0 Å². The zero-order chi connectivity index (χ0) is 9.10. The number of rotatable bonds is 1. The van der Waals surface area contributed by atoms with Gasteiger partial charge in [0.1, 0.15) is 0 Å². The molecule has 0 aromatic heterocycles. The molecule has 2 heterocycles. The van der Waals surface area contributed by atoms with Crippen LogP contribution in [0.25, 0.3) is 0 Å². The lowest BCUT2D eigenvalue weighted by Crippen LogP contribution is -2.45. The molecule has 2 rings (SSSR count). The van der Waals surface area contributed by atoms with Crippen LogP contribution in [0.1, 0.15) is 12.8 Å². The second kappa shape index (κ2) is 4.33. The molecular formula is C9H17N3S. The van der Waals surface area contributed by atoms with E-state index in [0.717, 1.165) is 12.3 Å². The van der Waals surface area contributed by atoms with Crippen molar-refractivity contribution in [1.29, 1.82) is 0 Å². The third-order valence-corrected chi connectivity index (χ3v) is 3.44. The number of piperidine rings is 1. The van der Waals surface area contributed by atoms with E-state index in [0.29, 0.717) is 6.04 Å². The molecule has 1 N–H and O–H groups in total. The molecule has 1 fully saturated rings. The average molecular weight is 199 g/mol. The monoisotopic (exact) mass is 199 g/mol. The van der Waals surface area contributed by atoms with Crippen molar-refractivity contribution in [3.05, 3.63) is 0 Å². The highest BCUT2D eigenvalue weighted by molar-refractivity contribution is 8.14. The van der Waals surface area contributed by atoms with Crippen molar-refractivity contribution in [3.8, 4) is 0 Å². The Bertz CT molecular complexity index is 205. The standard InChI is InChI=1S/C9H17N3S/c1-12-5-2-3-8(7-12)11-9-10-4-6-13-9/h8H,2-7H2,1H3,(H,10,11). The van der Waals surface area contributed by atoms with Crippen LogP contribution in [-0.2, 0) is 0 Å². The summed E-state index contributed by atoms with van der Waals surface area (Å²) < 4.78 is 0. The molecule has 0 bridgehead atoms. The van der Waals surface area contributed by atoms with Gasteiger partial charge in [-0.1, -0.05) is 11.8 Å². The average Bonchev–Trinajstić information content (AvgIpc) is 2.57. The molecule has 0 saturated carbocycles. The van der Waals surface area contributed by atoms with Crippen molar-refractivity contribution in [1.82, 2.24) is 10.2 Å². The molecule has 2 aliphatic heterocycles. The summed E-state index contributed by atoms with van der Waals surface area (Å²) in [7, 11) is 2.19. The molecule has 0 radical (unpaired) electrons. The van der Waals surface area contributed by atoms with Gasteiger partial charge in [0, 0.05) is 18.3 Å². The Labute approximate surface area is 84.0 Å². The number of nitrogens with zero attached hydrogens (tertiary/aromatic N) is 2. The first-order chi connectivity index (χ1) is 6.34. The van der Waals surface area contributed by atoms with Crippen molar-refractivity contribution in [2.24, 2.45) is 4.99 Å². The predicted molar refractivity (Wildman–Crippen MR) is 58.4 cm³/mol. The number of aliphatic imine (C=N–C) groups is 1. The largest absolute Gasteiger partial charge is 0.361 e. The highest BCUT2D eigenvalue weighted by atomic mass is 32.2. The third-order valence-electron chi connectivity index (χ3n) is 2.54. The van der Waals surface area contributed by atoms with Crippen LogP contribution in [0.5, 0.6) is 0 Å². The van der Waals surface area contributed by atoms with E-state index >= 15 is 0 Å². The van der Waals surface area contributed by atoms with E-state index in [4.69, 9.17) is 0 Å². The van der Waals surface area contributed by atoms with Gasteiger partial charge in [0.15, 0.2) is 5.17 Å². The van der Waals surface area contributed by atoms with Crippen molar-refractivity contribution < 1.29 is 0 Å². The van der Waals surface area contributed by atoms with Gasteiger partial charge in [-0.25, -0.2) is 0 Å². The van der Waals surface area contributed by atoms with Gasteiger partial charge in [-0.3, -0.25) is 4.99 Å². The Hall–Kier alpha value is -0.220. The first-order valence-corrected chi connectivity index (χ1v) is 5.95. The Balaban J connectivity index is 1.80. The lowest BCUT2D eigenvalue weighted by molar-refractivity contribution is 0.241. The van der Waals surface area contributed by atoms with Crippen LogP contribution in [0, 0.1) is 0 Å². The number of likely N-dealkylation sites (N-methyl/N-ethyl adjacent to an activating group) is 1. The Morgan fingerprint density at radius 3 is 3.23 bits per heavy atom. The van der Waals surface area contributed by atoms with Gasteiger partial charge in [0.25, 0.3) is 0 Å². The summed E-state index contributed by atoms with van der Waals surface area (Å²) in [5.41, 5.74) is 0. The predicted octanol–water partition coefficient (Wildman–Crippen LogP) is 0.773. The van der Waals surface area contributed by atoms with Crippen LogP contribution >= 0.6 is 11.8 Å². The van der Waals surface area contributed by atoms with Crippen molar-refractivity contribution in [2.75, 3.05) is 32.4 Å². The van der Waals surface area contributed by atoms with Crippen LogP contribution in [0.4, 0.5) is 0 Å². The second-order valence-electron chi connectivity index (χ2n) is 3.78. The number of likely N-dealkylation sites (tertiary alicyclic amines) is 1. The van der Waals surface area contributed by atoms with Gasteiger partial charge in [0.05, 0.1) is 6.54 Å². The van der Waals surface area contributed by atoms with E-state index in [1.54, 1.807) is 0 Å². The van der Waals surface area contributed by atoms with Gasteiger partial charge < -0.3 is 10.2 Å². The summed E-state index contributed by atoms with van der Waals surface area (Å²) in [6.45, 7) is 3.41. The molecule has 74 valence electrons. The molecule has 0 spiro atoms. The highest BCUT2D eigenvalue weighted by Gasteiger charge is 2.19. The molecule has 0 aliphatic carbocycles. The molecule has 0 amide bonds. The van der Waals surface area contributed by atoms with E-state index in [2.05, 4.69) is 22.3 Å². The molecule has 0 aromatic rings. The van der Waals surface area contributed by atoms with Crippen LogP contribution in [0.3, 0.4) is 0 Å². The minimum atomic E-state index is 0.628. The van der Waals surface area contributed by atoms with E-state index in [-0.39, 0.29) is 0 Å². The second-order valence-corrected chi connectivity index (χ2v) is 4.86. The Morgan fingerprint density at radius 2 is 2.54 bits per heavy atom. The van der Waals surface area contributed by atoms with Crippen LogP contribution < -0.4 is 5.32 Å². The zero-order valence-corrected chi connectivity index (χ0v) is 8.94. The van der Waals surface area contributed by atoms with Crippen LogP contribution in [-0.4, -0.2) is 48.5 Å². The van der Waals surface area contributed by atoms with Crippen molar-refractivity contribution in [2.45, 2.75) is 18.9 Å². The summed E-state index contributed by atoms with van der Waals surface area (Å²) in [5, 5.41) is 4.69. The number of hydrogen-bond donors (Lipinski definition) is 1. The van der Waals surface area contributed by atoms with E-state index < -0.39 is 0 Å². The molecule has 1 saturated heterocycles. The topological polar surface area (TPSA) is 27.6 Å². The minimum Gasteiger partial charge on any atom is -0.361 e. The van der Waals surface area contributed by atoms with Crippen LogP contribution in [0.2, 0.25) is 0 Å². The van der Waals surface area contributed by atoms with Crippen molar-refractivity contribution in [3.63, 3.8) is 0 Å². The summed E-state index contributed by atoms with van der Waals surface area (Å²) >= 11 is 1.86. The van der Waals surface area contributed by atoms with Gasteiger partial charge >= 0.3 is 0 Å². The molecular weight excluding hydrogens is 182 g/mol. The van der Waals surface area contributed by atoms with Gasteiger partial charge in [-0.2, -0.15) is 0 Å². The lowest BCUT2D eigenvalue weighted by Gasteiger charge is -2.30. The Morgan fingerprint density at radius 1 is 1.62 bits per heavy atom. The molecule has 2 aliphatic rings. The fraction of sp³-hybridized carbons (Fsp3) is 0.889. The first-order valence-electron chi connectivity index (χ1n) is 4.97. The molecule has 4 heteroatoms. The molecule has 13 heavy (non-hydrogen) atoms. The van der Waals surface area contributed by atoms with Gasteiger partial charge in [0.2, 0.25) is 0 Å². The lowest BCUT2D eigenvalue weighted by atomic mass is 10.1. The number of amidine groups is 1. The summed E-state index contributed by atoms with van der Waals surface area (Å²) in [4.78, 5) is 6.80. The third kappa shape index (κ3) is 2.61. The summed E-state index contributed by atoms with van der Waals surface area (Å²) in [5.74, 6) is 1.16. The number of nitrogens with one attached hydrogen (secondary N) is 1. The maximum Gasteiger partial charge on any atom is 0.156 e. The molecule has 1 atom stereocenters.